The van der Waals surface area contributed by atoms with E-state index in [1.807, 2.05) is 6.20 Å². The van der Waals surface area contributed by atoms with Gasteiger partial charge in [0, 0.05) is 23.0 Å². The Labute approximate surface area is 119 Å². The van der Waals surface area contributed by atoms with E-state index < -0.39 is 0 Å². The number of alkyl halides is 1. The third kappa shape index (κ3) is 3.11. The number of hydrogen-bond acceptors (Lipinski definition) is 2. The van der Waals surface area contributed by atoms with Crippen molar-refractivity contribution < 1.29 is 0 Å². The van der Waals surface area contributed by atoms with Crippen LogP contribution < -0.4 is 0 Å². The van der Waals surface area contributed by atoms with Gasteiger partial charge in [-0.3, -0.25) is 0 Å². The van der Waals surface area contributed by atoms with Gasteiger partial charge in [-0.15, -0.1) is 0 Å². The molecule has 1 aliphatic rings. The molecule has 1 aromatic heterocycles. The van der Waals surface area contributed by atoms with Crippen molar-refractivity contribution in [1.29, 1.82) is 0 Å². The van der Waals surface area contributed by atoms with E-state index in [9.17, 15) is 0 Å². The molecule has 0 aromatic carbocycles. The zero-order valence-corrected chi connectivity index (χ0v) is 13.2. The van der Waals surface area contributed by atoms with Gasteiger partial charge < -0.3 is 0 Å². The van der Waals surface area contributed by atoms with Gasteiger partial charge in [0.1, 0.15) is 5.82 Å². The molecule has 0 unspecified atom stereocenters. The largest absolute Gasteiger partial charge is 0.241 e. The van der Waals surface area contributed by atoms with Crippen LogP contribution in [0.5, 0.6) is 0 Å². The molecule has 0 amide bonds. The summed E-state index contributed by atoms with van der Waals surface area (Å²) in [5, 5.41) is 0.850. The second-order valence-electron chi connectivity index (χ2n) is 5.88. The third-order valence-electron chi connectivity index (χ3n) is 3.99. The summed E-state index contributed by atoms with van der Waals surface area (Å²) in [6, 6.07) is 0. The van der Waals surface area contributed by atoms with Crippen LogP contribution in [0.15, 0.2) is 6.20 Å². The number of nitrogens with zero attached hydrogens (tertiary/aromatic N) is 2. The predicted octanol–water partition coefficient (Wildman–Crippen LogP) is 4.79. The van der Waals surface area contributed by atoms with E-state index in [1.165, 1.54) is 36.9 Å². The number of aromatic nitrogens is 2. The van der Waals surface area contributed by atoms with Crippen molar-refractivity contribution in [1.82, 2.24) is 9.97 Å². The highest BCUT2D eigenvalue weighted by Crippen LogP contribution is 2.34. The van der Waals surface area contributed by atoms with E-state index >= 15 is 0 Å². The Kier molecular flexibility index (Phi) is 4.77. The molecular weight excluding hydrogens is 288 g/mol. The van der Waals surface area contributed by atoms with Gasteiger partial charge in [0.2, 0.25) is 0 Å². The molecule has 0 bridgehead atoms. The molecule has 1 heterocycles. The molecule has 1 fully saturated rings. The van der Waals surface area contributed by atoms with Gasteiger partial charge in [-0.05, 0) is 24.7 Å². The highest BCUT2D eigenvalue weighted by atomic mass is 79.9. The van der Waals surface area contributed by atoms with Crippen LogP contribution in [0.4, 0.5) is 0 Å². The maximum absolute atomic E-state index is 4.85. The fourth-order valence-electron chi connectivity index (χ4n) is 2.75. The van der Waals surface area contributed by atoms with Crippen molar-refractivity contribution in [2.75, 3.05) is 0 Å². The van der Waals surface area contributed by atoms with Crippen LogP contribution in [-0.4, -0.2) is 9.97 Å². The first-order chi connectivity index (χ1) is 8.61. The average molecular weight is 311 g/mol. The summed E-state index contributed by atoms with van der Waals surface area (Å²) in [5.41, 5.74) is 2.45. The van der Waals surface area contributed by atoms with Crippen LogP contribution >= 0.6 is 15.9 Å². The van der Waals surface area contributed by atoms with Gasteiger partial charge in [-0.2, -0.15) is 0 Å². The molecule has 1 saturated carbocycles. The monoisotopic (exact) mass is 310 g/mol. The van der Waals surface area contributed by atoms with Crippen LogP contribution in [-0.2, 0) is 5.33 Å². The van der Waals surface area contributed by atoms with E-state index in [1.54, 1.807) is 0 Å². The van der Waals surface area contributed by atoms with Crippen molar-refractivity contribution >= 4 is 15.9 Å². The van der Waals surface area contributed by atoms with Crippen molar-refractivity contribution in [3.63, 3.8) is 0 Å². The standard InChI is InChI=1S/C15H23BrN2/c1-10(2)14-13(8-16)9-17-15(18-14)12-6-4-11(3)5-7-12/h9-12H,4-8H2,1-3H3. The summed E-state index contributed by atoms with van der Waals surface area (Å²) >= 11 is 3.53. The summed E-state index contributed by atoms with van der Waals surface area (Å²) in [6.07, 6.45) is 7.18. The van der Waals surface area contributed by atoms with E-state index in [2.05, 4.69) is 41.7 Å². The number of halogens is 1. The summed E-state index contributed by atoms with van der Waals surface area (Å²) in [7, 11) is 0. The zero-order chi connectivity index (χ0) is 13.1. The Morgan fingerprint density at radius 3 is 2.50 bits per heavy atom. The first kappa shape index (κ1) is 14.0. The van der Waals surface area contributed by atoms with Crippen LogP contribution in [0.2, 0.25) is 0 Å². The lowest BCUT2D eigenvalue weighted by Crippen LogP contribution is -2.15. The number of rotatable bonds is 3. The average Bonchev–Trinajstić information content (AvgIpc) is 2.39. The smallest absolute Gasteiger partial charge is 0.131 e. The second kappa shape index (κ2) is 6.14. The lowest BCUT2D eigenvalue weighted by atomic mass is 9.82. The molecule has 0 radical (unpaired) electrons. The fourth-order valence-corrected chi connectivity index (χ4v) is 3.18. The lowest BCUT2D eigenvalue weighted by Gasteiger charge is -2.25. The Hall–Kier alpha value is -0.440. The normalized spacial score (nSPS) is 24.5. The third-order valence-corrected chi connectivity index (χ3v) is 4.59. The molecule has 2 nitrogen and oxygen atoms in total. The topological polar surface area (TPSA) is 25.8 Å². The SMILES string of the molecule is CC1CCC(c2ncc(CBr)c(C(C)C)n2)CC1. The molecule has 0 saturated heterocycles. The Morgan fingerprint density at radius 2 is 1.94 bits per heavy atom. The van der Waals surface area contributed by atoms with Crippen molar-refractivity contribution in [2.45, 2.75) is 63.6 Å². The summed E-state index contributed by atoms with van der Waals surface area (Å²) in [4.78, 5) is 9.45. The molecule has 1 aliphatic carbocycles. The highest BCUT2D eigenvalue weighted by Gasteiger charge is 2.23. The Morgan fingerprint density at radius 1 is 1.28 bits per heavy atom. The minimum absolute atomic E-state index is 0.474. The zero-order valence-electron chi connectivity index (χ0n) is 11.6. The molecule has 0 aliphatic heterocycles. The van der Waals surface area contributed by atoms with Crippen LogP contribution in [0, 0.1) is 5.92 Å². The molecule has 2 rings (SSSR count). The van der Waals surface area contributed by atoms with Crippen molar-refractivity contribution in [2.24, 2.45) is 5.92 Å². The maximum Gasteiger partial charge on any atom is 0.131 e. The van der Waals surface area contributed by atoms with Gasteiger partial charge in [-0.1, -0.05) is 49.5 Å². The molecule has 3 heteroatoms. The summed E-state index contributed by atoms with van der Waals surface area (Å²) in [5.74, 6) is 3.02. The molecule has 0 spiro atoms. The molecule has 0 atom stereocenters. The van der Waals surface area contributed by atoms with Crippen molar-refractivity contribution in [3.8, 4) is 0 Å². The molecule has 100 valence electrons. The molecule has 18 heavy (non-hydrogen) atoms. The van der Waals surface area contributed by atoms with Gasteiger partial charge in [0.25, 0.3) is 0 Å². The lowest BCUT2D eigenvalue weighted by molar-refractivity contribution is 0.339. The quantitative estimate of drug-likeness (QED) is 0.750. The minimum atomic E-state index is 0.474. The van der Waals surface area contributed by atoms with E-state index in [-0.39, 0.29) is 0 Å². The maximum atomic E-state index is 4.85. The Bertz CT molecular complexity index is 395. The van der Waals surface area contributed by atoms with Crippen molar-refractivity contribution in [3.05, 3.63) is 23.3 Å². The highest BCUT2D eigenvalue weighted by molar-refractivity contribution is 9.08. The first-order valence-corrected chi connectivity index (χ1v) is 8.15. The van der Waals surface area contributed by atoms with E-state index in [0.29, 0.717) is 11.8 Å². The van der Waals surface area contributed by atoms with Gasteiger partial charge in [0.05, 0.1) is 5.69 Å². The first-order valence-electron chi connectivity index (χ1n) is 7.03. The van der Waals surface area contributed by atoms with E-state index in [0.717, 1.165) is 17.1 Å². The minimum Gasteiger partial charge on any atom is -0.241 e. The van der Waals surface area contributed by atoms with Crippen LogP contribution in [0.3, 0.4) is 0 Å². The summed E-state index contributed by atoms with van der Waals surface area (Å²) < 4.78 is 0. The van der Waals surface area contributed by atoms with E-state index in [4.69, 9.17) is 4.98 Å². The molecular formula is C15H23BrN2. The fraction of sp³-hybridized carbons (Fsp3) is 0.733. The van der Waals surface area contributed by atoms with Gasteiger partial charge in [0.15, 0.2) is 0 Å². The molecule has 1 aromatic rings. The second-order valence-corrected chi connectivity index (χ2v) is 6.44. The van der Waals surface area contributed by atoms with Gasteiger partial charge >= 0.3 is 0 Å². The number of hydrogen-bond donors (Lipinski definition) is 0. The summed E-state index contributed by atoms with van der Waals surface area (Å²) in [6.45, 7) is 6.77. The molecule has 0 N–H and O–H groups in total. The van der Waals surface area contributed by atoms with Crippen LogP contribution in [0.25, 0.3) is 0 Å². The predicted molar refractivity (Wildman–Crippen MR) is 79.1 cm³/mol. The van der Waals surface area contributed by atoms with Gasteiger partial charge in [-0.25, -0.2) is 9.97 Å². The Balaban J connectivity index is 2.21. The van der Waals surface area contributed by atoms with Crippen LogP contribution in [0.1, 0.15) is 75.4 Å².